The summed E-state index contributed by atoms with van der Waals surface area (Å²) in [6, 6.07) is 2.01. The van der Waals surface area contributed by atoms with Crippen molar-refractivity contribution in [2.45, 2.75) is 6.92 Å². The normalized spacial score (nSPS) is 16.0. The number of nitrogens with one attached hydrogen (secondary N) is 1. The van der Waals surface area contributed by atoms with Crippen LogP contribution < -0.4 is 5.32 Å². The summed E-state index contributed by atoms with van der Waals surface area (Å²) in [4.78, 5) is 11.2. The van der Waals surface area contributed by atoms with Crippen molar-refractivity contribution in [2.24, 2.45) is 0 Å². The van der Waals surface area contributed by atoms with Crippen LogP contribution in [0.4, 0.5) is 5.13 Å². The molecule has 0 amide bonds. The minimum Gasteiger partial charge on any atom is -0.379 e. The van der Waals surface area contributed by atoms with Gasteiger partial charge in [0.25, 0.3) is 0 Å². The van der Waals surface area contributed by atoms with Gasteiger partial charge < -0.3 is 10.1 Å². The lowest BCUT2D eigenvalue weighted by molar-refractivity contribution is 0.0398. The van der Waals surface area contributed by atoms with Gasteiger partial charge in [-0.05, 0) is 18.6 Å². The first-order valence-corrected chi connectivity index (χ1v) is 8.11. The third kappa shape index (κ3) is 3.78. The van der Waals surface area contributed by atoms with Crippen LogP contribution >= 0.6 is 11.3 Å². The van der Waals surface area contributed by atoms with E-state index in [0.29, 0.717) is 0 Å². The standard InChI is InChI=1S/C15H20N4OS/c1-12-2-3-16-10-13(12)14-11-21-15(18-14)17-4-5-19-6-8-20-9-7-19/h2-3,10-11H,4-9H2,1H3,(H,17,18). The number of ether oxygens (including phenoxy) is 1. The fraction of sp³-hybridized carbons (Fsp3) is 0.467. The number of aromatic nitrogens is 2. The molecule has 1 fully saturated rings. The third-order valence-corrected chi connectivity index (χ3v) is 4.43. The van der Waals surface area contributed by atoms with Crippen LogP contribution in [0.3, 0.4) is 0 Å². The van der Waals surface area contributed by atoms with E-state index in [4.69, 9.17) is 4.74 Å². The molecule has 21 heavy (non-hydrogen) atoms. The molecule has 112 valence electrons. The maximum Gasteiger partial charge on any atom is 0.183 e. The van der Waals surface area contributed by atoms with Crippen molar-refractivity contribution in [3.05, 3.63) is 29.4 Å². The maximum atomic E-state index is 5.35. The van der Waals surface area contributed by atoms with Crippen molar-refractivity contribution in [1.82, 2.24) is 14.9 Å². The van der Waals surface area contributed by atoms with Crippen LogP contribution in [0.1, 0.15) is 5.56 Å². The molecule has 1 N–H and O–H groups in total. The molecule has 3 heterocycles. The Bertz CT molecular complexity index is 581. The molecule has 0 bridgehead atoms. The smallest absolute Gasteiger partial charge is 0.183 e. The quantitative estimate of drug-likeness (QED) is 0.918. The second-order valence-corrected chi connectivity index (χ2v) is 5.97. The number of aryl methyl sites for hydroxylation is 1. The van der Waals surface area contributed by atoms with Gasteiger partial charge in [0.05, 0.1) is 18.9 Å². The van der Waals surface area contributed by atoms with Gasteiger partial charge in [-0.3, -0.25) is 9.88 Å². The lowest BCUT2D eigenvalue weighted by Gasteiger charge is -2.26. The molecule has 0 unspecified atom stereocenters. The highest BCUT2D eigenvalue weighted by atomic mass is 32.1. The molecule has 0 aromatic carbocycles. The van der Waals surface area contributed by atoms with E-state index in [1.807, 2.05) is 18.5 Å². The molecule has 0 aliphatic carbocycles. The average molecular weight is 304 g/mol. The highest BCUT2D eigenvalue weighted by Gasteiger charge is 2.10. The van der Waals surface area contributed by atoms with Gasteiger partial charge in [-0.15, -0.1) is 11.3 Å². The molecule has 1 aliphatic rings. The molecule has 1 saturated heterocycles. The van der Waals surface area contributed by atoms with Crippen LogP contribution in [0, 0.1) is 6.92 Å². The van der Waals surface area contributed by atoms with Crippen molar-refractivity contribution < 1.29 is 4.74 Å². The molecule has 2 aromatic heterocycles. The Hall–Kier alpha value is -1.50. The number of morpholine rings is 1. The second kappa shape index (κ2) is 6.98. The first-order valence-electron chi connectivity index (χ1n) is 7.23. The van der Waals surface area contributed by atoms with Crippen molar-refractivity contribution in [1.29, 1.82) is 0 Å². The SMILES string of the molecule is Cc1ccncc1-c1csc(NCCN2CCOCC2)n1. The second-order valence-electron chi connectivity index (χ2n) is 5.11. The van der Waals surface area contributed by atoms with Gasteiger partial charge in [0.2, 0.25) is 0 Å². The van der Waals surface area contributed by atoms with Crippen LogP contribution in [-0.4, -0.2) is 54.3 Å². The summed E-state index contributed by atoms with van der Waals surface area (Å²) in [6.07, 6.45) is 3.69. The Morgan fingerprint density at radius 1 is 1.38 bits per heavy atom. The van der Waals surface area contributed by atoms with Gasteiger partial charge in [-0.25, -0.2) is 4.98 Å². The van der Waals surface area contributed by atoms with E-state index in [1.165, 1.54) is 5.56 Å². The summed E-state index contributed by atoms with van der Waals surface area (Å²) in [6.45, 7) is 7.79. The Morgan fingerprint density at radius 2 is 2.24 bits per heavy atom. The predicted octanol–water partition coefficient (Wildman–Crippen LogP) is 2.26. The largest absolute Gasteiger partial charge is 0.379 e. The monoisotopic (exact) mass is 304 g/mol. The molecule has 0 spiro atoms. The first kappa shape index (κ1) is 14.4. The van der Waals surface area contributed by atoms with E-state index in [2.05, 4.69) is 32.5 Å². The minimum atomic E-state index is 0.849. The Morgan fingerprint density at radius 3 is 3.05 bits per heavy atom. The van der Waals surface area contributed by atoms with Gasteiger partial charge in [0.15, 0.2) is 5.13 Å². The fourth-order valence-electron chi connectivity index (χ4n) is 2.36. The number of nitrogens with zero attached hydrogens (tertiary/aromatic N) is 3. The summed E-state index contributed by atoms with van der Waals surface area (Å²) in [5.74, 6) is 0. The van der Waals surface area contributed by atoms with Crippen molar-refractivity contribution in [3.8, 4) is 11.3 Å². The zero-order valence-corrected chi connectivity index (χ0v) is 13.0. The van der Waals surface area contributed by atoms with E-state index in [-0.39, 0.29) is 0 Å². The van der Waals surface area contributed by atoms with E-state index in [0.717, 1.165) is 55.8 Å². The molecule has 0 atom stereocenters. The van der Waals surface area contributed by atoms with Gasteiger partial charge in [-0.2, -0.15) is 0 Å². The molecule has 0 saturated carbocycles. The van der Waals surface area contributed by atoms with E-state index >= 15 is 0 Å². The number of hydrogen-bond donors (Lipinski definition) is 1. The summed E-state index contributed by atoms with van der Waals surface area (Å²) >= 11 is 1.65. The maximum absolute atomic E-state index is 5.35. The first-order chi connectivity index (χ1) is 10.3. The summed E-state index contributed by atoms with van der Waals surface area (Å²) < 4.78 is 5.35. The van der Waals surface area contributed by atoms with E-state index < -0.39 is 0 Å². The van der Waals surface area contributed by atoms with Crippen molar-refractivity contribution >= 4 is 16.5 Å². The lowest BCUT2D eigenvalue weighted by Crippen LogP contribution is -2.38. The molecule has 5 nitrogen and oxygen atoms in total. The highest BCUT2D eigenvalue weighted by Crippen LogP contribution is 2.26. The minimum absolute atomic E-state index is 0.849. The number of thiazole rings is 1. The lowest BCUT2D eigenvalue weighted by atomic mass is 10.1. The van der Waals surface area contributed by atoms with Crippen molar-refractivity contribution in [2.75, 3.05) is 44.7 Å². The molecule has 3 rings (SSSR count). The van der Waals surface area contributed by atoms with Gasteiger partial charge in [0, 0.05) is 49.5 Å². The topological polar surface area (TPSA) is 50.3 Å². The Kier molecular flexibility index (Phi) is 4.80. The summed E-state index contributed by atoms with van der Waals surface area (Å²) in [5.41, 5.74) is 3.31. The molecular weight excluding hydrogens is 284 g/mol. The van der Waals surface area contributed by atoms with E-state index in [9.17, 15) is 0 Å². The predicted molar refractivity (Wildman–Crippen MR) is 85.8 cm³/mol. The zero-order chi connectivity index (χ0) is 14.5. The number of pyridine rings is 1. The number of anilines is 1. The summed E-state index contributed by atoms with van der Waals surface area (Å²) in [5, 5.41) is 6.46. The molecular formula is C15H20N4OS. The third-order valence-electron chi connectivity index (χ3n) is 3.63. The average Bonchev–Trinajstić information content (AvgIpc) is 2.97. The molecule has 0 radical (unpaired) electrons. The Balaban J connectivity index is 1.54. The van der Waals surface area contributed by atoms with Crippen LogP contribution in [0.5, 0.6) is 0 Å². The van der Waals surface area contributed by atoms with Gasteiger partial charge >= 0.3 is 0 Å². The van der Waals surface area contributed by atoms with Crippen LogP contribution in [-0.2, 0) is 4.74 Å². The molecule has 1 aliphatic heterocycles. The van der Waals surface area contributed by atoms with Crippen molar-refractivity contribution in [3.63, 3.8) is 0 Å². The molecule has 6 heteroatoms. The van der Waals surface area contributed by atoms with Gasteiger partial charge in [-0.1, -0.05) is 0 Å². The Labute approximate surface area is 129 Å². The molecule has 2 aromatic rings. The zero-order valence-electron chi connectivity index (χ0n) is 12.2. The fourth-order valence-corrected chi connectivity index (χ4v) is 3.10. The van der Waals surface area contributed by atoms with E-state index in [1.54, 1.807) is 11.3 Å². The number of hydrogen-bond acceptors (Lipinski definition) is 6. The van der Waals surface area contributed by atoms with Crippen LogP contribution in [0.15, 0.2) is 23.8 Å². The highest BCUT2D eigenvalue weighted by molar-refractivity contribution is 7.14. The van der Waals surface area contributed by atoms with Crippen LogP contribution in [0.25, 0.3) is 11.3 Å². The summed E-state index contributed by atoms with van der Waals surface area (Å²) in [7, 11) is 0. The van der Waals surface area contributed by atoms with Gasteiger partial charge in [0.1, 0.15) is 0 Å². The number of rotatable bonds is 5. The van der Waals surface area contributed by atoms with Crippen LogP contribution in [0.2, 0.25) is 0 Å².